The smallest absolute Gasteiger partial charge is 0.412 e. The van der Waals surface area contributed by atoms with Gasteiger partial charge in [-0.15, -0.1) is 24.5 Å². The fourth-order valence-corrected chi connectivity index (χ4v) is 2.90. The van der Waals surface area contributed by atoms with Crippen molar-refractivity contribution in [3.05, 3.63) is 76.8 Å². The molecule has 2 rings (SSSR count). The van der Waals surface area contributed by atoms with Gasteiger partial charge in [0.15, 0.2) is 0 Å². The van der Waals surface area contributed by atoms with Crippen LogP contribution in [0, 0.1) is 6.92 Å². The van der Waals surface area contributed by atoms with Crippen LogP contribution in [0.2, 0.25) is 0 Å². The number of hydrogen-bond donors (Lipinski definition) is 1. The van der Waals surface area contributed by atoms with E-state index < -0.39 is 11.7 Å². The minimum Gasteiger partial charge on any atom is -0.488 e. The number of nitrogens with zero attached hydrogens (tertiary/aromatic N) is 1. The Morgan fingerprint density at radius 3 is 2.39 bits per heavy atom. The molecule has 0 bridgehead atoms. The highest BCUT2D eigenvalue weighted by molar-refractivity contribution is 7.11. The van der Waals surface area contributed by atoms with Crippen molar-refractivity contribution in [1.82, 2.24) is 4.98 Å². The Hall–Kier alpha value is -2.54. The predicted octanol–water partition coefficient (Wildman–Crippen LogP) is 6.41. The summed E-state index contributed by atoms with van der Waals surface area (Å²) in [6.45, 7) is 10.6. The molecule has 1 heterocycles. The van der Waals surface area contributed by atoms with Crippen molar-refractivity contribution in [2.24, 2.45) is 0 Å². The molecule has 1 aromatic heterocycles. The molecule has 0 spiro atoms. The molecule has 0 saturated carbocycles. The normalized spacial score (nSPS) is 11.4. The Balaban J connectivity index is 0.000000336. The number of thiazole rings is 1. The van der Waals surface area contributed by atoms with Gasteiger partial charge in [0, 0.05) is 17.7 Å². The predicted molar refractivity (Wildman–Crippen MR) is 111 cm³/mol. The first-order chi connectivity index (χ1) is 13.2. The third kappa shape index (κ3) is 8.43. The van der Waals surface area contributed by atoms with E-state index in [0.29, 0.717) is 6.61 Å². The summed E-state index contributed by atoms with van der Waals surface area (Å²) in [4.78, 5) is 5.63. The number of ether oxygens (including phenoxy) is 1. The van der Waals surface area contributed by atoms with Crippen LogP contribution in [0.15, 0.2) is 61.2 Å². The number of benzene rings is 1. The Labute approximate surface area is 168 Å². The van der Waals surface area contributed by atoms with Gasteiger partial charge in [-0.1, -0.05) is 18.2 Å². The lowest BCUT2D eigenvalue weighted by Gasteiger charge is -2.04. The van der Waals surface area contributed by atoms with Crippen LogP contribution >= 0.6 is 11.3 Å². The van der Waals surface area contributed by atoms with Gasteiger partial charge in [-0.2, -0.15) is 13.2 Å². The van der Waals surface area contributed by atoms with Crippen molar-refractivity contribution in [3.63, 3.8) is 0 Å². The van der Waals surface area contributed by atoms with Crippen LogP contribution in [0.3, 0.4) is 0 Å². The molecule has 28 heavy (non-hydrogen) atoms. The van der Waals surface area contributed by atoms with E-state index in [4.69, 9.17) is 10.5 Å². The fraction of sp³-hybridized carbons (Fsp3) is 0.286. The summed E-state index contributed by atoms with van der Waals surface area (Å²) in [5.74, 6) is 0.822. The molecule has 0 saturated heterocycles. The zero-order valence-electron chi connectivity index (χ0n) is 16.1. The van der Waals surface area contributed by atoms with Gasteiger partial charge in [0.25, 0.3) is 0 Å². The van der Waals surface area contributed by atoms with E-state index in [1.54, 1.807) is 11.3 Å². The van der Waals surface area contributed by atoms with Gasteiger partial charge < -0.3 is 10.5 Å². The third-order valence-electron chi connectivity index (χ3n) is 3.54. The van der Waals surface area contributed by atoms with Crippen LogP contribution in [0.5, 0.6) is 5.75 Å². The van der Waals surface area contributed by atoms with Gasteiger partial charge in [-0.05, 0) is 44.5 Å². The van der Waals surface area contributed by atoms with Crippen molar-refractivity contribution in [1.29, 1.82) is 0 Å². The first-order valence-corrected chi connectivity index (χ1v) is 9.38. The minimum absolute atomic E-state index is 0.269. The number of aryl methyl sites for hydroxylation is 1. The van der Waals surface area contributed by atoms with E-state index in [-0.39, 0.29) is 6.42 Å². The average molecular weight is 411 g/mol. The average Bonchev–Trinajstić information content (AvgIpc) is 2.98. The molecule has 0 radical (unpaired) electrons. The Bertz CT molecular complexity index is 793. The molecular weight excluding hydrogens is 385 g/mol. The van der Waals surface area contributed by atoms with Crippen LogP contribution in [-0.4, -0.2) is 11.2 Å². The highest BCUT2D eigenvalue weighted by Crippen LogP contribution is 2.25. The second kappa shape index (κ2) is 11.3. The largest absolute Gasteiger partial charge is 0.488 e. The van der Waals surface area contributed by atoms with Crippen molar-refractivity contribution in [2.75, 3.05) is 5.73 Å². The van der Waals surface area contributed by atoms with E-state index in [1.807, 2.05) is 37.3 Å². The Morgan fingerprint density at radius 2 is 1.86 bits per heavy atom. The summed E-state index contributed by atoms with van der Waals surface area (Å²) in [5, 5.41) is 1.08. The molecule has 0 aliphatic rings. The molecule has 0 amide bonds. The number of nitrogen functional groups attached to an aromatic ring is 1. The van der Waals surface area contributed by atoms with E-state index in [0.717, 1.165) is 46.4 Å². The fourth-order valence-electron chi connectivity index (χ4n) is 1.92. The highest BCUT2D eigenvalue weighted by atomic mass is 32.1. The molecule has 2 aromatic rings. The Kier molecular flexibility index (Phi) is 9.51. The molecule has 0 aliphatic carbocycles. The third-order valence-corrected chi connectivity index (χ3v) is 4.70. The molecular formula is C21H25F3N2OS. The van der Waals surface area contributed by atoms with Crippen molar-refractivity contribution in [2.45, 2.75) is 39.5 Å². The number of anilines is 1. The molecule has 0 aliphatic heterocycles. The summed E-state index contributed by atoms with van der Waals surface area (Å²) < 4.78 is 40.7. The number of hydrogen-bond acceptors (Lipinski definition) is 4. The lowest BCUT2D eigenvalue weighted by atomic mass is 10.2. The zero-order chi connectivity index (χ0) is 21.2. The van der Waals surface area contributed by atoms with Gasteiger partial charge in [-0.25, -0.2) is 4.98 Å². The second-order valence-corrected chi connectivity index (χ2v) is 7.04. The molecule has 0 atom stereocenters. The first kappa shape index (κ1) is 23.5. The summed E-state index contributed by atoms with van der Waals surface area (Å²) in [5.41, 5.74) is 6.83. The number of alkyl halides is 3. The highest BCUT2D eigenvalue weighted by Gasteiger charge is 2.29. The monoisotopic (exact) mass is 410 g/mol. The summed E-state index contributed by atoms with van der Waals surface area (Å²) >= 11 is 1.67. The summed E-state index contributed by atoms with van der Waals surface area (Å²) in [6, 6.07) is 7.41. The van der Waals surface area contributed by atoms with E-state index in [2.05, 4.69) is 18.1 Å². The molecule has 0 unspecified atom stereocenters. The molecule has 3 nitrogen and oxygen atoms in total. The number of allylic oxidation sites excluding steroid dienone is 4. The van der Waals surface area contributed by atoms with Crippen LogP contribution in [0.4, 0.5) is 18.9 Å². The van der Waals surface area contributed by atoms with Crippen molar-refractivity contribution >= 4 is 17.0 Å². The molecule has 152 valence electrons. The number of aromatic nitrogens is 1. The number of rotatable bonds is 7. The second-order valence-electron chi connectivity index (χ2n) is 5.88. The van der Waals surface area contributed by atoms with Gasteiger partial charge in [0.1, 0.15) is 12.4 Å². The SMILES string of the molecule is C=CC/C=C(\C)C(F)(F)F.C=CCc1nc(C)c(COc2ccc(N)cc2)s1. The summed E-state index contributed by atoms with van der Waals surface area (Å²) in [7, 11) is 0. The number of halogens is 3. The molecule has 2 N–H and O–H groups in total. The van der Waals surface area contributed by atoms with Crippen molar-refractivity contribution < 1.29 is 17.9 Å². The van der Waals surface area contributed by atoms with Crippen LogP contribution in [0.1, 0.15) is 28.9 Å². The van der Waals surface area contributed by atoms with Gasteiger partial charge in [-0.3, -0.25) is 0 Å². The maximum atomic E-state index is 11.7. The molecule has 7 heteroatoms. The topological polar surface area (TPSA) is 48.1 Å². The van der Waals surface area contributed by atoms with Gasteiger partial charge in [0.2, 0.25) is 0 Å². The van der Waals surface area contributed by atoms with Gasteiger partial charge in [0.05, 0.1) is 15.6 Å². The quantitative estimate of drug-likeness (QED) is 0.424. The van der Waals surface area contributed by atoms with Crippen molar-refractivity contribution in [3.8, 4) is 5.75 Å². The lowest BCUT2D eigenvalue weighted by Crippen LogP contribution is -2.08. The Morgan fingerprint density at radius 1 is 1.21 bits per heavy atom. The molecule has 0 fully saturated rings. The zero-order valence-corrected chi connectivity index (χ0v) is 16.9. The maximum absolute atomic E-state index is 11.7. The van der Waals surface area contributed by atoms with E-state index in [1.165, 1.54) is 6.08 Å². The van der Waals surface area contributed by atoms with Crippen LogP contribution in [0.25, 0.3) is 0 Å². The minimum atomic E-state index is -4.18. The molecule has 1 aromatic carbocycles. The van der Waals surface area contributed by atoms with Crippen LogP contribution in [-0.2, 0) is 13.0 Å². The first-order valence-electron chi connectivity index (χ1n) is 8.56. The number of nitrogens with two attached hydrogens (primary N) is 1. The standard InChI is InChI=1S/C14H16N2OS.C7H9F3/c1-3-4-14-16-10(2)13(18-14)9-17-12-7-5-11(15)6-8-12;1-3-4-5-6(2)7(8,9)10/h3,5-8H,1,4,9,15H2,2H3;3,5H,1,4H2,2H3/b;6-5+. The van der Waals surface area contributed by atoms with E-state index >= 15 is 0 Å². The maximum Gasteiger partial charge on any atom is 0.412 e. The summed E-state index contributed by atoms with van der Waals surface area (Å²) in [6.07, 6.45) is 1.30. The van der Waals surface area contributed by atoms with E-state index in [9.17, 15) is 13.2 Å². The lowest BCUT2D eigenvalue weighted by molar-refractivity contribution is -0.0915. The van der Waals surface area contributed by atoms with Gasteiger partial charge >= 0.3 is 6.18 Å². The van der Waals surface area contributed by atoms with Crippen LogP contribution < -0.4 is 10.5 Å².